The fourth-order valence-electron chi connectivity index (χ4n) is 4.10. The van der Waals surface area contributed by atoms with Gasteiger partial charge in [-0.3, -0.25) is 9.79 Å². The van der Waals surface area contributed by atoms with Crippen molar-refractivity contribution >= 4 is 17.6 Å². The summed E-state index contributed by atoms with van der Waals surface area (Å²) in [7, 11) is 0. The number of anilines is 1. The van der Waals surface area contributed by atoms with Gasteiger partial charge in [-0.15, -0.1) is 0 Å². The number of fused-ring (bicyclic) bond motifs is 3. The fourth-order valence-corrected chi connectivity index (χ4v) is 4.10. The van der Waals surface area contributed by atoms with E-state index in [1.165, 1.54) is 6.42 Å². The zero-order chi connectivity index (χ0) is 18.6. The summed E-state index contributed by atoms with van der Waals surface area (Å²) in [6, 6.07) is 8.03. The number of aliphatic imine (C=N–C) groups is 1. The Morgan fingerprint density at radius 3 is 3.00 bits per heavy atom. The maximum absolute atomic E-state index is 12.2. The molecule has 2 fully saturated rings. The van der Waals surface area contributed by atoms with E-state index in [2.05, 4.69) is 17.6 Å². The second-order valence-corrected chi connectivity index (χ2v) is 7.28. The van der Waals surface area contributed by atoms with Crippen molar-refractivity contribution in [1.82, 2.24) is 10.6 Å². The highest BCUT2D eigenvalue weighted by Gasteiger charge is 2.41. The molecule has 0 saturated carbocycles. The summed E-state index contributed by atoms with van der Waals surface area (Å²) < 4.78 is 11.4. The molecular formula is C20H28N4O3. The van der Waals surface area contributed by atoms with Crippen LogP contribution in [-0.4, -0.2) is 56.4 Å². The lowest BCUT2D eigenvalue weighted by Crippen LogP contribution is -2.47. The third-order valence-electron chi connectivity index (χ3n) is 5.39. The summed E-state index contributed by atoms with van der Waals surface area (Å²) in [5.74, 6) is 1.61. The van der Waals surface area contributed by atoms with Gasteiger partial charge in [0.05, 0.1) is 23.9 Å². The van der Waals surface area contributed by atoms with Crippen LogP contribution in [0.5, 0.6) is 5.75 Å². The summed E-state index contributed by atoms with van der Waals surface area (Å²) in [6.07, 6.45) is 4.92. The summed E-state index contributed by atoms with van der Waals surface area (Å²) in [4.78, 5) is 18.7. The molecule has 2 saturated heterocycles. The first-order chi connectivity index (χ1) is 13.2. The van der Waals surface area contributed by atoms with Crippen LogP contribution in [0.4, 0.5) is 5.69 Å². The lowest BCUT2D eigenvalue weighted by Gasteiger charge is -2.29. The number of ether oxygens (including phenoxy) is 2. The van der Waals surface area contributed by atoms with E-state index in [0.29, 0.717) is 31.3 Å². The molecule has 2 N–H and O–H groups in total. The van der Waals surface area contributed by atoms with Gasteiger partial charge in [0.1, 0.15) is 5.75 Å². The molecule has 7 nitrogen and oxygen atoms in total. The van der Waals surface area contributed by atoms with E-state index in [1.54, 1.807) is 4.90 Å². The number of hydrogen-bond donors (Lipinski definition) is 2. The number of nitrogens with zero attached hydrogens (tertiary/aromatic N) is 2. The van der Waals surface area contributed by atoms with Crippen LogP contribution in [0.3, 0.4) is 0 Å². The molecule has 3 aliphatic heterocycles. The Balaban J connectivity index is 1.31. The Bertz CT molecular complexity index is 708. The van der Waals surface area contributed by atoms with E-state index in [0.717, 1.165) is 43.2 Å². The topological polar surface area (TPSA) is 75.2 Å². The number of guanidine groups is 1. The molecule has 1 amide bonds. The number of rotatable bonds is 6. The maximum Gasteiger partial charge on any atom is 0.265 e. The van der Waals surface area contributed by atoms with Crippen LogP contribution >= 0.6 is 0 Å². The Morgan fingerprint density at radius 2 is 2.22 bits per heavy atom. The first-order valence-electron chi connectivity index (χ1n) is 9.97. The summed E-state index contributed by atoms with van der Waals surface area (Å²) in [5.41, 5.74) is 0.849. The minimum atomic E-state index is 0.00170. The molecular weight excluding hydrogens is 344 g/mol. The SMILES string of the molecule is CCNC(=NCCCN1C(=O)COc2ccccc21)NC1CC2CCC1O2. The normalized spacial score (nSPS) is 26.7. The predicted molar refractivity (Wildman–Crippen MR) is 104 cm³/mol. The number of hydrogen-bond acceptors (Lipinski definition) is 4. The predicted octanol–water partition coefficient (Wildman–Crippen LogP) is 1.68. The molecule has 4 rings (SSSR count). The lowest BCUT2D eigenvalue weighted by molar-refractivity contribution is -0.121. The van der Waals surface area contributed by atoms with Crippen LogP contribution in [0.25, 0.3) is 0 Å². The molecule has 2 bridgehead atoms. The second-order valence-electron chi connectivity index (χ2n) is 7.28. The molecule has 0 radical (unpaired) electrons. The van der Waals surface area contributed by atoms with Crippen molar-refractivity contribution in [2.24, 2.45) is 4.99 Å². The Hall–Kier alpha value is -2.28. The quantitative estimate of drug-likeness (QED) is 0.451. The van der Waals surface area contributed by atoms with Gasteiger partial charge < -0.3 is 25.0 Å². The highest BCUT2D eigenvalue weighted by atomic mass is 16.5. The first kappa shape index (κ1) is 18.1. The van der Waals surface area contributed by atoms with E-state index in [4.69, 9.17) is 14.5 Å². The van der Waals surface area contributed by atoms with Gasteiger partial charge in [0, 0.05) is 19.6 Å². The zero-order valence-electron chi connectivity index (χ0n) is 15.8. The van der Waals surface area contributed by atoms with Crippen molar-refractivity contribution in [3.8, 4) is 5.75 Å². The average Bonchev–Trinajstić information content (AvgIpc) is 3.30. The highest BCUT2D eigenvalue weighted by molar-refractivity contribution is 5.97. The molecule has 0 aromatic heterocycles. The van der Waals surface area contributed by atoms with Crippen molar-refractivity contribution in [2.75, 3.05) is 31.1 Å². The van der Waals surface area contributed by atoms with Crippen molar-refractivity contribution in [3.05, 3.63) is 24.3 Å². The van der Waals surface area contributed by atoms with Gasteiger partial charge in [-0.2, -0.15) is 0 Å². The number of benzene rings is 1. The van der Waals surface area contributed by atoms with Gasteiger partial charge in [-0.1, -0.05) is 12.1 Å². The van der Waals surface area contributed by atoms with Crippen LogP contribution in [0.15, 0.2) is 29.3 Å². The van der Waals surface area contributed by atoms with Crippen molar-refractivity contribution < 1.29 is 14.3 Å². The van der Waals surface area contributed by atoms with Gasteiger partial charge in [-0.25, -0.2) is 0 Å². The van der Waals surface area contributed by atoms with Gasteiger partial charge in [-0.05, 0) is 44.7 Å². The first-order valence-corrected chi connectivity index (χ1v) is 9.97. The number of amides is 1. The van der Waals surface area contributed by atoms with Gasteiger partial charge >= 0.3 is 0 Å². The summed E-state index contributed by atoms with van der Waals surface area (Å²) in [5, 5.41) is 6.84. The summed E-state index contributed by atoms with van der Waals surface area (Å²) in [6.45, 7) is 4.29. The Kier molecular flexibility index (Phi) is 5.48. The number of carbonyl (C=O) groups excluding carboxylic acids is 1. The standard InChI is InChI=1S/C20H28N4O3/c1-2-21-20(23-15-12-14-8-9-17(15)27-14)22-10-5-11-24-16-6-3-4-7-18(16)26-13-19(24)25/h3-4,6-7,14-15,17H,2,5,8-13H2,1H3,(H2,21,22,23). The van der Waals surface area contributed by atoms with E-state index >= 15 is 0 Å². The Morgan fingerprint density at radius 1 is 1.33 bits per heavy atom. The minimum Gasteiger partial charge on any atom is -0.482 e. The van der Waals surface area contributed by atoms with Crippen molar-refractivity contribution in [3.63, 3.8) is 0 Å². The minimum absolute atomic E-state index is 0.00170. The molecule has 1 aromatic rings. The van der Waals surface area contributed by atoms with Crippen LogP contribution < -0.4 is 20.3 Å². The average molecular weight is 372 g/mol. The largest absolute Gasteiger partial charge is 0.482 e. The number of para-hydroxylation sites is 2. The lowest BCUT2D eigenvalue weighted by atomic mass is 9.96. The molecule has 146 valence electrons. The number of carbonyl (C=O) groups is 1. The van der Waals surface area contributed by atoms with E-state index in [-0.39, 0.29) is 12.5 Å². The third kappa shape index (κ3) is 4.03. The number of nitrogens with one attached hydrogen (secondary N) is 2. The van der Waals surface area contributed by atoms with E-state index < -0.39 is 0 Å². The molecule has 3 atom stereocenters. The van der Waals surface area contributed by atoms with Crippen molar-refractivity contribution in [1.29, 1.82) is 0 Å². The summed E-state index contributed by atoms with van der Waals surface area (Å²) >= 11 is 0. The maximum atomic E-state index is 12.2. The van der Waals surface area contributed by atoms with Crippen LogP contribution in [0, 0.1) is 0 Å². The van der Waals surface area contributed by atoms with E-state index in [9.17, 15) is 4.79 Å². The molecule has 7 heteroatoms. The molecule has 0 spiro atoms. The molecule has 3 unspecified atom stereocenters. The van der Waals surface area contributed by atoms with Crippen molar-refractivity contribution in [2.45, 2.75) is 50.9 Å². The fraction of sp³-hybridized carbons (Fsp3) is 0.600. The van der Waals surface area contributed by atoms with Crippen LogP contribution in [0.2, 0.25) is 0 Å². The van der Waals surface area contributed by atoms with Gasteiger partial charge in [0.25, 0.3) is 5.91 Å². The van der Waals surface area contributed by atoms with Gasteiger partial charge in [0.2, 0.25) is 0 Å². The highest BCUT2D eigenvalue weighted by Crippen LogP contribution is 2.34. The second kappa shape index (κ2) is 8.17. The molecule has 3 heterocycles. The van der Waals surface area contributed by atoms with Crippen LogP contribution in [-0.2, 0) is 9.53 Å². The molecule has 1 aromatic carbocycles. The molecule has 27 heavy (non-hydrogen) atoms. The zero-order valence-corrected chi connectivity index (χ0v) is 15.8. The van der Waals surface area contributed by atoms with E-state index in [1.807, 2.05) is 24.3 Å². The molecule has 3 aliphatic rings. The van der Waals surface area contributed by atoms with Gasteiger partial charge in [0.15, 0.2) is 12.6 Å². The van der Waals surface area contributed by atoms with Crippen LogP contribution in [0.1, 0.15) is 32.6 Å². The smallest absolute Gasteiger partial charge is 0.265 e. The monoisotopic (exact) mass is 372 g/mol. The Labute approximate surface area is 160 Å². The third-order valence-corrected chi connectivity index (χ3v) is 5.39. The molecule has 0 aliphatic carbocycles.